The number of amides is 1. The average Bonchev–Trinajstić information content (AvgIpc) is 2.93. The Kier molecular flexibility index (Phi) is 4.72. The van der Waals surface area contributed by atoms with Crippen molar-refractivity contribution in [2.24, 2.45) is 0 Å². The molecule has 0 bridgehead atoms. The second-order valence-electron chi connectivity index (χ2n) is 8.45. The van der Waals surface area contributed by atoms with E-state index in [2.05, 4.69) is 17.6 Å². The van der Waals surface area contributed by atoms with Crippen molar-refractivity contribution in [3.8, 4) is 5.75 Å². The Labute approximate surface area is 176 Å². The van der Waals surface area contributed by atoms with E-state index in [4.69, 9.17) is 14.7 Å². The number of ether oxygens (including phenoxy) is 1. The molecule has 6 nitrogen and oxygen atoms in total. The van der Waals surface area contributed by atoms with Gasteiger partial charge in [0, 0.05) is 25.2 Å². The van der Waals surface area contributed by atoms with E-state index in [1.165, 1.54) is 17.5 Å². The van der Waals surface area contributed by atoms with Crippen molar-refractivity contribution < 1.29 is 9.53 Å². The van der Waals surface area contributed by atoms with Crippen LogP contribution in [0.5, 0.6) is 5.75 Å². The molecule has 4 heterocycles. The standard InChI is InChI=1S/C24H28N4O2/c1-15-10-11-19(30-3)22-17(15)8-7-13-28(22)24(29)18-14-16(2)25-23-21(18)26-20-9-5-4-6-12-27(20)23/h10-11,14H,4-9,12-13H2,1-3H3. The molecule has 30 heavy (non-hydrogen) atoms. The van der Waals surface area contributed by atoms with Crippen LogP contribution in [0.3, 0.4) is 0 Å². The number of fused-ring (bicyclic) bond motifs is 4. The monoisotopic (exact) mass is 404 g/mol. The molecule has 1 aromatic carbocycles. The summed E-state index contributed by atoms with van der Waals surface area (Å²) < 4.78 is 7.87. The van der Waals surface area contributed by atoms with Crippen molar-refractivity contribution in [3.05, 3.63) is 46.4 Å². The number of hydrogen-bond donors (Lipinski definition) is 0. The third-order valence-electron chi connectivity index (χ3n) is 6.45. The van der Waals surface area contributed by atoms with Crippen molar-refractivity contribution in [3.63, 3.8) is 0 Å². The average molecular weight is 405 g/mol. The lowest BCUT2D eigenvalue weighted by Gasteiger charge is -2.32. The van der Waals surface area contributed by atoms with Crippen LogP contribution < -0.4 is 9.64 Å². The summed E-state index contributed by atoms with van der Waals surface area (Å²) in [4.78, 5) is 25.5. The van der Waals surface area contributed by atoms with Gasteiger partial charge in [0.1, 0.15) is 17.1 Å². The number of rotatable bonds is 2. The number of hydrogen-bond acceptors (Lipinski definition) is 4. The van der Waals surface area contributed by atoms with E-state index in [1.54, 1.807) is 7.11 Å². The molecule has 0 spiro atoms. The van der Waals surface area contributed by atoms with Gasteiger partial charge < -0.3 is 14.2 Å². The zero-order valence-electron chi connectivity index (χ0n) is 18.0. The molecule has 2 aliphatic rings. The van der Waals surface area contributed by atoms with Gasteiger partial charge >= 0.3 is 0 Å². The van der Waals surface area contributed by atoms with Crippen molar-refractivity contribution in [1.29, 1.82) is 0 Å². The molecular weight excluding hydrogens is 376 g/mol. The summed E-state index contributed by atoms with van der Waals surface area (Å²) >= 11 is 0. The highest BCUT2D eigenvalue weighted by Gasteiger charge is 2.30. The Morgan fingerprint density at radius 1 is 1.03 bits per heavy atom. The largest absolute Gasteiger partial charge is 0.495 e. The summed E-state index contributed by atoms with van der Waals surface area (Å²) in [6.07, 6.45) is 6.34. The predicted molar refractivity (Wildman–Crippen MR) is 118 cm³/mol. The molecule has 1 amide bonds. The fourth-order valence-electron chi connectivity index (χ4n) is 4.94. The summed E-state index contributed by atoms with van der Waals surface area (Å²) in [6, 6.07) is 5.94. The predicted octanol–water partition coefficient (Wildman–Crippen LogP) is 4.38. The number of carbonyl (C=O) groups is 1. The van der Waals surface area contributed by atoms with E-state index in [0.29, 0.717) is 12.1 Å². The van der Waals surface area contributed by atoms with Crippen LogP contribution >= 0.6 is 0 Å². The van der Waals surface area contributed by atoms with Gasteiger partial charge in [-0.05, 0) is 62.8 Å². The highest BCUT2D eigenvalue weighted by molar-refractivity contribution is 6.13. The first-order chi connectivity index (χ1) is 14.6. The van der Waals surface area contributed by atoms with E-state index in [0.717, 1.165) is 72.8 Å². The number of nitrogens with zero attached hydrogens (tertiary/aromatic N) is 4. The first kappa shape index (κ1) is 19.1. The number of aromatic nitrogens is 3. The highest BCUT2D eigenvalue weighted by Crippen LogP contribution is 2.39. The fraction of sp³-hybridized carbons (Fsp3) is 0.458. The maximum absolute atomic E-state index is 13.9. The third kappa shape index (κ3) is 2.97. The van der Waals surface area contributed by atoms with E-state index >= 15 is 0 Å². The minimum absolute atomic E-state index is 0.0105. The summed E-state index contributed by atoms with van der Waals surface area (Å²) in [5, 5.41) is 0. The lowest BCUT2D eigenvalue weighted by Crippen LogP contribution is -2.36. The summed E-state index contributed by atoms with van der Waals surface area (Å²) in [7, 11) is 1.67. The van der Waals surface area contributed by atoms with Gasteiger partial charge in [-0.1, -0.05) is 12.5 Å². The molecule has 0 atom stereocenters. The Bertz CT molecular complexity index is 1150. The van der Waals surface area contributed by atoms with Gasteiger partial charge in [0.2, 0.25) is 0 Å². The Morgan fingerprint density at radius 3 is 2.73 bits per heavy atom. The van der Waals surface area contributed by atoms with E-state index in [1.807, 2.05) is 24.0 Å². The number of pyridine rings is 1. The molecule has 5 rings (SSSR count). The normalized spacial score (nSPS) is 16.2. The van der Waals surface area contributed by atoms with E-state index in [9.17, 15) is 4.79 Å². The molecule has 0 saturated heterocycles. The second-order valence-corrected chi connectivity index (χ2v) is 8.45. The van der Waals surface area contributed by atoms with Crippen LogP contribution in [0, 0.1) is 13.8 Å². The van der Waals surface area contributed by atoms with Gasteiger partial charge in [0.05, 0.1) is 18.4 Å². The molecule has 6 heteroatoms. The van der Waals surface area contributed by atoms with Crippen LogP contribution in [-0.2, 0) is 19.4 Å². The minimum atomic E-state index is -0.0105. The highest BCUT2D eigenvalue weighted by atomic mass is 16.5. The molecule has 0 saturated carbocycles. The van der Waals surface area contributed by atoms with Crippen LogP contribution in [0.4, 0.5) is 5.69 Å². The number of anilines is 1. The van der Waals surface area contributed by atoms with Gasteiger partial charge in [-0.15, -0.1) is 0 Å². The van der Waals surface area contributed by atoms with Gasteiger partial charge in [-0.3, -0.25) is 4.79 Å². The molecular formula is C24H28N4O2. The van der Waals surface area contributed by atoms with Crippen molar-refractivity contribution in [1.82, 2.24) is 14.5 Å². The van der Waals surface area contributed by atoms with Crippen LogP contribution in [0.15, 0.2) is 18.2 Å². The first-order valence-electron chi connectivity index (χ1n) is 10.9. The summed E-state index contributed by atoms with van der Waals surface area (Å²) in [6.45, 7) is 5.67. The Balaban J connectivity index is 1.66. The quantitative estimate of drug-likeness (QED) is 0.636. The fourth-order valence-corrected chi connectivity index (χ4v) is 4.94. The molecule has 156 valence electrons. The number of imidazole rings is 1. The van der Waals surface area contributed by atoms with Crippen LogP contribution in [0.25, 0.3) is 11.2 Å². The topological polar surface area (TPSA) is 60.2 Å². The number of benzene rings is 1. The van der Waals surface area contributed by atoms with Gasteiger partial charge in [-0.25, -0.2) is 9.97 Å². The van der Waals surface area contributed by atoms with E-state index < -0.39 is 0 Å². The molecule has 0 N–H and O–H groups in total. The van der Waals surface area contributed by atoms with Crippen LogP contribution in [-0.4, -0.2) is 34.1 Å². The number of carbonyl (C=O) groups excluding carboxylic acids is 1. The summed E-state index contributed by atoms with van der Waals surface area (Å²) in [5.41, 5.74) is 6.41. The van der Waals surface area contributed by atoms with Crippen molar-refractivity contribution in [2.75, 3.05) is 18.6 Å². The zero-order chi connectivity index (χ0) is 20.8. The number of methoxy groups -OCH3 is 1. The molecule has 0 fully saturated rings. The molecule has 0 aliphatic carbocycles. The summed E-state index contributed by atoms with van der Waals surface area (Å²) in [5.74, 6) is 1.80. The van der Waals surface area contributed by atoms with Crippen molar-refractivity contribution in [2.45, 2.75) is 58.9 Å². The second kappa shape index (κ2) is 7.42. The van der Waals surface area contributed by atoms with E-state index in [-0.39, 0.29) is 5.91 Å². The first-order valence-corrected chi connectivity index (χ1v) is 10.9. The molecule has 2 aliphatic heterocycles. The van der Waals surface area contributed by atoms with Crippen molar-refractivity contribution >= 4 is 22.8 Å². The lowest BCUT2D eigenvalue weighted by molar-refractivity contribution is 0.0985. The molecule has 0 unspecified atom stereocenters. The van der Waals surface area contributed by atoms with Crippen LogP contribution in [0.1, 0.15) is 58.7 Å². The zero-order valence-corrected chi connectivity index (χ0v) is 18.0. The van der Waals surface area contributed by atoms with Gasteiger partial charge in [-0.2, -0.15) is 0 Å². The lowest BCUT2D eigenvalue weighted by atomic mass is 9.95. The molecule has 3 aromatic rings. The van der Waals surface area contributed by atoms with Crippen LogP contribution in [0.2, 0.25) is 0 Å². The third-order valence-corrected chi connectivity index (χ3v) is 6.45. The SMILES string of the molecule is COc1ccc(C)c2c1N(C(=O)c1cc(C)nc3c1nc1n3CCCCC1)CCC2. The minimum Gasteiger partial charge on any atom is -0.495 e. The maximum Gasteiger partial charge on any atom is 0.260 e. The molecule has 0 radical (unpaired) electrons. The number of aryl methyl sites for hydroxylation is 4. The smallest absolute Gasteiger partial charge is 0.260 e. The Hall–Kier alpha value is -2.89. The molecule has 2 aromatic heterocycles. The van der Waals surface area contributed by atoms with Gasteiger partial charge in [0.15, 0.2) is 5.65 Å². The van der Waals surface area contributed by atoms with Gasteiger partial charge in [0.25, 0.3) is 5.91 Å². The Morgan fingerprint density at radius 2 is 1.90 bits per heavy atom. The maximum atomic E-state index is 13.9.